The van der Waals surface area contributed by atoms with Gasteiger partial charge in [-0.2, -0.15) is 8.42 Å². The summed E-state index contributed by atoms with van der Waals surface area (Å²) in [6, 6.07) is 4.23. The number of hydrogen-bond acceptors (Lipinski definition) is 7. The summed E-state index contributed by atoms with van der Waals surface area (Å²) < 4.78 is 26.0. The number of carbonyl (C=O) groups excluding carboxylic acids is 1. The Kier molecular flexibility index (Phi) is 4.30. The van der Waals surface area contributed by atoms with Gasteiger partial charge >= 0.3 is 0 Å². The molecule has 0 radical (unpaired) electrons. The van der Waals surface area contributed by atoms with Gasteiger partial charge < -0.3 is 10.4 Å². The maximum absolute atomic E-state index is 12.1. The van der Waals surface area contributed by atoms with E-state index in [1.54, 1.807) is 0 Å². The van der Waals surface area contributed by atoms with Gasteiger partial charge in [0.25, 0.3) is 14.4 Å². The smallest absolute Gasteiger partial charge is 0.291 e. The number of halogens is 1. The zero-order valence-electron chi connectivity index (χ0n) is 10.5. The molecule has 3 N–H and O–H groups in total. The Bertz CT molecular complexity index is 790. The Hall–Kier alpha value is -1.91. The Balaban J connectivity index is 2.28. The molecule has 2 aromatic rings. The van der Waals surface area contributed by atoms with Crippen LogP contribution in [0.2, 0.25) is 5.02 Å². The molecule has 0 saturated heterocycles. The summed E-state index contributed by atoms with van der Waals surface area (Å²) >= 11 is 6.37. The maximum atomic E-state index is 12.1. The van der Waals surface area contributed by atoms with E-state index in [0.29, 0.717) is 11.3 Å². The highest BCUT2D eigenvalue weighted by atomic mass is 35.5. The lowest BCUT2D eigenvalue weighted by atomic mass is 10.3. The number of phenolic OH excluding ortho intramolecular Hbond substituents is 1. The number of aromatic hydroxyl groups is 1. The van der Waals surface area contributed by atoms with E-state index in [2.05, 4.69) is 20.2 Å². The molecule has 11 heteroatoms. The normalized spacial score (nSPS) is 11.1. The summed E-state index contributed by atoms with van der Waals surface area (Å²) in [5.41, 5.74) is -0.0845. The summed E-state index contributed by atoms with van der Waals surface area (Å²) in [5.74, 6) is -0.787. The molecule has 0 unspecified atom stereocenters. The van der Waals surface area contributed by atoms with Gasteiger partial charge in [0, 0.05) is 6.92 Å². The first kappa shape index (κ1) is 15.5. The first-order valence-corrected chi connectivity index (χ1v) is 8.09. The van der Waals surface area contributed by atoms with Crippen molar-refractivity contribution < 1.29 is 18.3 Å². The van der Waals surface area contributed by atoms with E-state index in [-0.39, 0.29) is 20.2 Å². The SMILES string of the molecule is CC(=O)Nc1nnc(S(=O)(=O)Nc2cccc(Cl)c2O)s1. The van der Waals surface area contributed by atoms with Crippen LogP contribution in [0.5, 0.6) is 5.75 Å². The van der Waals surface area contributed by atoms with Gasteiger partial charge in [-0.1, -0.05) is 29.0 Å². The van der Waals surface area contributed by atoms with Crippen LogP contribution in [0.25, 0.3) is 0 Å². The molecule has 1 amide bonds. The molecule has 0 saturated carbocycles. The minimum atomic E-state index is -4.04. The lowest BCUT2D eigenvalue weighted by Gasteiger charge is -2.07. The van der Waals surface area contributed by atoms with Crippen molar-refractivity contribution in [3.8, 4) is 5.75 Å². The highest BCUT2D eigenvalue weighted by Crippen LogP contribution is 2.33. The minimum absolute atomic E-state index is 0.00593. The van der Waals surface area contributed by atoms with E-state index >= 15 is 0 Å². The summed E-state index contributed by atoms with van der Waals surface area (Å²) in [6.45, 7) is 1.26. The van der Waals surface area contributed by atoms with E-state index in [1.807, 2.05) is 0 Å². The predicted octanol–water partition coefficient (Wildman–Crippen LogP) is 1.66. The van der Waals surface area contributed by atoms with Crippen molar-refractivity contribution in [1.29, 1.82) is 0 Å². The molecule has 0 spiro atoms. The largest absolute Gasteiger partial charge is 0.504 e. The number of phenols is 1. The average Bonchev–Trinajstić information content (AvgIpc) is 2.83. The molecule has 0 fully saturated rings. The molecular weight excluding hydrogens is 340 g/mol. The van der Waals surface area contributed by atoms with Crippen molar-refractivity contribution in [3.05, 3.63) is 23.2 Å². The number of aromatic nitrogens is 2. The lowest BCUT2D eigenvalue weighted by Crippen LogP contribution is -2.12. The monoisotopic (exact) mass is 348 g/mol. The van der Waals surface area contributed by atoms with Gasteiger partial charge in [0.2, 0.25) is 11.0 Å². The zero-order chi connectivity index (χ0) is 15.6. The van der Waals surface area contributed by atoms with Crippen LogP contribution in [-0.2, 0) is 14.8 Å². The number of hydrogen-bond donors (Lipinski definition) is 3. The van der Waals surface area contributed by atoms with Gasteiger partial charge in [0.05, 0.1) is 10.7 Å². The molecule has 2 rings (SSSR count). The van der Waals surface area contributed by atoms with E-state index < -0.39 is 21.7 Å². The number of benzene rings is 1. The summed E-state index contributed by atoms with van der Waals surface area (Å²) in [4.78, 5) is 10.9. The van der Waals surface area contributed by atoms with Crippen molar-refractivity contribution in [2.75, 3.05) is 10.0 Å². The van der Waals surface area contributed by atoms with Gasteiger partial charge in [0.1, 0.15) is 0 Å². The van der Waals surface area contributed by atoms with Gasteiger partial charge in [0.15, 0.2) is 5.75 Å². The number of anilines is 2. The van der Waals surface area contributed by atoms with E-state index in [1.165, 1.54) is 25.1 Å². The molecule has 1 aromatic carbocycles. The molecule has 0 aliphatic rings. The number of nitrogens with one attached hydrogen (secondary N) is 2. The van der Waals surface area contributed by atoms with Crippen molar-refractivity contribution in [3.63, 3.8) is 0 Å². The van der Waals surface area contributed by atoms with Gasteiger partial charge in [-0.3, -0.25) is 9.52 Å². The van der Waals surface area contributed by atoms with E-state index in [0.717, 1.165) is 0 Å². The number of carbonyl (C=O) groups is 1. The molecular formula is C10H9ClN4O4S2. The first-order valence-electron chi connectivity index (χ1n) is 5.41. The fourth-order valence-corrected chi connectivity index (χ4v) is 3.49. The topological polar surface area (TPSA) is 121 Å². The fraction of sp³-hybridized carbons (Fsp3) is 0.100. The van der Waals surface area contributed by atoms with Crippen LogP contribution in [0.1, 0.15) is 6.92 Å². The van der Waals surface area contributed by atoms with Gasteiger partial charge in [-0.05, 0) is 12.1 Å². The molecule has 1 heterocycles. The Morgan fingerprint density at radius 2 is 2.10 bits per heavy atom. The van der Waals surface area contributed by atoms with Gasteiger partial charge in [-0.25, -0.2) is 0 Å². The van der Waals surface area contributed by atoms with Crippen molar-refractivity contribution >= 4 is 49.7 Å². The average molecular weight is 349 g/mol. The summed E-state index contributed by atoms with van der Waals surface area (Å²) in [5, 5.41) is 19.1. The fourth-order valence-electron chi connectivity index (χ4n) is 1.31. The van der Waals surface area contributed by atoms with Crippen LogP contribution in [-0.4, -0.2) is 29.6 Å². The maximum Gasteiger partial charge on any atom is 0.291 e. The second kappa shape index (κ2) is 5.84. The summed E-state index contributed by atoms with van der Waals surface area (Å²) in [7, 11) is -4.04. The first-order chi connectivity index (χ1) is 9.79. The second-order valence-corrected chi connectivity index (χ2v) is 7.04. The Morgan fingerprint density at radius 3 is 2.76 bits per heavy atom. The third-order valence-electron chi connectivity index (χ3n) is 2.15. The molecule has 112 valence electrons. The number of rotatable bonds is 4. The highest BCUT2D eigenvalue weighted by Gasteiger charge is 2.22. The third-order valence-corrected chi connectivity index (χ3v) is 5.03. The van der Waals surface area contributed by atoms with Crippen LogP contribution in [0.15, 0.2) is 22.5 Å². The quantitative estimate of drug-likeness (QED) is 0.570. The molecule has 1 aromatic heterocycles. The van der Waals surface area contributed by atoms with Crippen molar-refractivity contribution in [1.82, 2.24) is 10.2 Å². The molecule has 0 aliphatic carbocycles. The van der Waals surface area contributed by atoms with Crippen LogP contribution in [0, 0.1) is 0 Å². The minimum Gasteiger partial charge on any atom is -0.504 e. The third kappa shape index (κ3) is 3.60. The zero-order valence-corrected chi connectivity index (χ0v) is 12.9. The standard InChI is InChI=1S/C10H9ClN4O4S2/c1-5(16)12-9-13-14-10(20-9)21(18,19)15-7-4-2-3-6(11)8(7)17/h2-4,15,17H,1H3,(H,12,13,16). The number of nitrogens with zero attached hydrogens (tertiary/aromatic N) is 2. The lowest BCUT2D eigenvalue weighted by molar-refractivity contribution is -0.114. The van der Waals surface area contributed by atoms with Crippen LogP contribution in [0.3, 0.4) is 0 Å². The van der Waals surface area contributed by atoms with E-state index in [4.69, 9.17) is 11.6 Å². The number of amides is 1. The van der Waals surface area contributed by atoms with Gasteiger partial charge in [-0.15, -0.1) is 10.2 Å². The molecule has 0 bridgehead atoms. The second-order valence-electron chi connectivity index (χ2n) is 3.80. The van der Waals surface area contributed by atoms with Crippen LogP contribution < -0.4 is 10.0 Å². The summed E-state index contributed by atoms with van der Waals surface area (Å²) in [6.07, 6.45) is 0. The molecule has 8 nitrogen and oxygen atoms in total. The van der Waals surface area contributed by atoms with Crippen LogP contribution in [0.4, 0.5) is 10.8 Å². The highest BCUT2D eigenvalue weighted by molar-refractivity contribution is 7.94. The number of para-hydroxylation sites is 1. The Labute approximate surface area is 128 Å². The predicted molar refractivity (Wildman–Crippen MR) is 78.1 cm³/mol. The molecule has 21 heavy (non-hydrogen) atoms. The van der Waals surface area contributed by atoms with Crippen molar-refractivity contribution in [2.45, 2.75) is 11.3 Å². The van der Waals surface area contributed by atoms with Crippen LogP contribution >= 0.6 is 22.9 Å². The molecule has 0 aliphatic heterocycles. The van der Waals surface area contributed by atoms with E-state index in [9.17, 15) is 18.3 Å². The molecule has 0 atom stereocenters. The number of sulfonamides is 1. The Morgan fingerprint density at radius 1 is 1.38 bits per heavy atom. The van der Waals surface area contributed by atoms with Crippen molar-refractivity contribution in [2.24, 2.45) is 0 Å².